The van der Waals surface area contributed by atoms with Crippen LogP contribution in [0.3, 0.4) is 0 Å². The van der Waals surface area contributed by atoms with Crippen molar-refractivity contribution in [1.29, 1.82) is 0 Å². The number of amides is 1. The summed E-state index contributed by atoms with van der Waals surface area (Å²) < 4.78 is 0. The summed E-state index contributed by atoms with van der Waals surface area (Å²) in [6.45, 7) is 8.39. The Morgan fingerprint density at radius 3 is 2.50 bits per heavy atom. The molecule has 0 bridgehead atoms. The monoisotopic (exact) mass is 199 g/mol. The molecule has 1 amide bonds. The van der Waals surface area contributed by atoms with Crippen LogP contribution in [-0.2, 0) is 4.79 Å². The molecular formula is C10H21N3O. The lowest BCUT2D eigenvalue weighted by Crippen LogP contribution is -2.46. The van der Waals surface area contributed by atoms with Crippen LogP contribution in [-0.4, -0.2) is 36.0 Å². The molecule has 0 spiro atoms. The zero-order valence-electron chi connectivity index (χ0n) is 9.34. The van der Waals surface area contributed by atoms with Crippen molar-refractivity contribution in [1.82, 2.24) is 4.90 Å². The molecule has 0 aromatic carbocycles. The average Bonchev–Trinajstić information content (AvgIpc) is 2.29. The molecule has 4 heteroatoms. The van der Waals surface area contributed by atoms with Gasteiger partial charge in [0.1, 0.15) is 0 Å². The van der Waals surface area contributed by atoms with Crippen molar-refractivity contribution in [3.05, 3.63) is 0 Å². The van der Waals surface area contributed by atoms with Crippen LogP contribution in [0.5, 0.6) is 0 Å². The molecule has 1 rings (SSSR count). The van der Waals surface area contributed by atoms with E-state index in [0.717, 1.165) is 26.1 Å². The first kappa shape index (κ1) is 11.5. The average molecular weight is 199 g/mol. The summed E-state index contributed by atoms with van der Waals surface area (Å²) in [7, 11) is 0. The van der Waals surface area contributed by atoms with Gasteiger partial charge in [-0.15, -0.1) is 0 Å². The number of carbonyl (C=O) groups excluding carboxylic acids is 1. The van der Waals surface area contributed by atoms with Gasteiger partial charge in [0.2, 0.25) is 5.91 Å². The van der Waals surface area contributed by atoms with Crippen molar-refractivity contribution in [2.45, 2.75) is 32.7 Å². The molecule has 0 aliphatic carbocycles. The van der Waals surface area contributed by atoms with Crippen LogP contribution in [0.15, 0.2) is 0 Å². The number of hydrogen-bond donors (Lipinski definition) is 2. The Morgan fingerprint density at radius 1 is 1.57 bits per heavy atom. The second-order valence-corrected chi connectivity index (χ2v) is 5.37. The standard InChI is InChI=1S/C10H21N3O/c1-9(2,12)6-13-5-4-10(3,7-13)8(11)14/h4-7,12H2,1-3H3,(H2,11,14). The first-order chi connectivity index (χ1) is 6.23. The summed E-state index contributed by atoms with van der Waals surface area (Å²) >= 11 is 0. The molecule has 1 saturated heterocycles. The Hall–Kier alpha value is -0.610. The smallest absolute Gasteiger partial charge is 0.224 e. The molecule has 1 fully saturated rings. The minimum atomic E-state index is -0.356. The van der Waals surface area contributed by atoms with Gasteiger partial charge < -0.3 is 16.4 Å². The van der Waals surface area contributed by atoms with Gasteiger partial charge in [-0.2, -0.15) is 0 Å². The quantitative estimate of drug-likeness (QED) is 0.668. The van der Waals surface area contributed by atoms with Gasteiger partial charge in [-0.05, 0) is 33.7 Å². The van der Waals surface area contributed by atoms with E-state index < -0.39 is 0 Å². The van der Waals surface area contributed by atoms with Crippen LogP contribution in [0.25, 0.3) is 0 Å². The minimum absolute atomic E-state index is 0.199. The van der Waals surface area contributed by atoms with Gasteiger partial charge in [-0.3, -0.25) is 4.79 Å². The molecular weight excluding hydrogens is 178 g/mol. The third-order valence-corrected chi connectivity index (χ3v) is 2.78. The molecule has 0 aromatic heterocycles. The summed E-state index contributed by atoms with van der Waals surface area (Å²) in [6.07, 6.45) is 0.846. The number of carbonyl (C=O) groups is 1. The van der Waals surface area contributed by atoms with Crippen LogP contribution in [0.1, 0.15) is 27.2 Å². The van der Waals surface area contributed by atoms with Crippen molar-refractivity contribution in [2.75, 3.05) is 19.6 Å². The molecule has 4 nitrogen and oxygen atoms in total. The third kappa shape index (κ3) is 2.69. The molecule has 4 N–H and O–H groups in total. The summed E-state index contributed by atoms with van der Waals surface area (Å²) in [5, 5.41) is 0. The maximum Gasteiger partial charge on any atom is 0.224 e. The van der Waals surface area contributed by atoms with Crippen LogP contribution in [0.4, 0.5) is 0 Å². The lowest BCUT2D eigenvalue weighted by atomic mass is 9.89. The summed E-state index contributed by atoms with van der Waals surface area (Å²) in [6, 6.07) is 0. The van der Waals surface area contributed by atoms with Gasteiger partial charge in [0, 0.05) is 18.6 Å². The number of nitrogens with zero attached hydrogens (tertiary/aromatic N) is 1. The Bertz CT molecular complexity index is 234. The number of likely N-dealkylation sites (tertiary alicyclic amines) is 1. The van der Waals surface area contributed by atoms with E-state index in [1.54, 1.807) is 0 Å². The van der Waals surface area contributed by atoms with Crippen molar-refractivity contribution in [3.63, 3.8) is 0 Å². The first-order valence-corrected chi connectivity index (χ1v) is 5.04. The van der Waals surface area contributed by atoms with E-state index in [9.17, 15) is 4.79 Å². The second kappa shape index (κ2) is 3.51. The third-order valence-electron chi connectivity index (χ3n) is 2.78. The molecule has 0 saturated carbocycles. The molecule has 1 heterocycles. The van der Waals surface area contributed by atoms with Crippen LogP contribution in [0.2, 0.25) is 0 Å². The van der Waals surface area contributed by atoms with Crippen molar-refractivity contribution < 1.29 is 4.79 Å². The summed E-state index contributed by atoms with van der Waals surface area (Å²) in [5.41, 5.74) is 10.7. The van der Waals surface area contributed by atoms with Crippen LogP contribution in [0, 0.1) is 5.41 Å². The van der Waals surface area contributed by atoms with E-state index >= 15 is 0 Å². The fourth-order valence-electron chi connectivity index (χ4n) is 1.97. The summed E-state index contributed by atoms with van der Waals surface area (Å²) in [5.74, 6) is -0.199. The Labute approximate surface area is 85.6 Å². The highest BCUT2D eigenvalue weighted by Crippen LogP contribution is 2.29. The zero-order chi connectivity index (χ0) is 11.0. The Kier molecular flexibility index (Phi) is 2.88. The van der Waals surface area contributed by atoms with Gasteiger partial charge in [0.15, 0.2) is 0 Å². The molecule has 1 aliphatic rings. The molecule has 14 heavy (non-hydrogen) atoms. The van der Waals surface area contributed by atoms with E-state index in [-0.39, 0.29) is 16.9 Å². The molecule has 1 atom stereocenters. The maximum atomic E-state index is 11.2. The van der Waals surface area contributed by atoms with Gasteiger partial charge in [0.25, 0.3) is 0 Å². The van der Waals surface area contributed by atoms with Crippen molar-refractivity contribution in [2.24, 2.45) is 16.9 Å². The summed E-state index contributed by atoms with van der Waals surface area (Å²) in [4.78, 5) is 13.4. The Balaban J connectivity index is 2.53. The van der Waals surface area contributed by atoms with Crippen LogP contribution < -0.4 is 11.5 Å². The van der Waals surface area contributed by atoms with E-state index in [4.69, 9.17) is 11.5 Å². The second-order valence-electron chi connectivity index (χ2n) is 5.37. The first-order valence-electron chi connectivity index (χ1n) is 5.04. The van der Waals surface area contributed by atoms with Crippen molar-refractivity contribution >= 4 is 5.91 Å². The maximum absolute atomic E-state index is 11.2. The lowest BCUT2D eigenvalue weighted by Gasteiger charge is -2.27. The highest BCUT2D eigenvalue weighted by molar-refractivity contribution is 5.81. The van der Waals surface area contributed by atoms with Gasteiger partial charge in [-0.1, -0.05) is 0 Å². The number of rotatable bonds is 3. The van der Waals surface area contributed by atoms with Gasteiger partial charge in [0.05, 0.1) is 5.41 Å². The molecule has 1 unspecified atom stereocenters. The van der Waals surface area contributed by atoms with E-state index in [1.807, 2.05) is 20.8 Å². The highest BCUT2D eigenvalue weighted by atomic mass is 16.1. The van der Waals surface area contributed by atoms with E-state index in [0.29, 0.717) is 0 Å². The van der Waals surface area contributed by atoms with Gasteiger partial charge >= 0.3 is 0 Å². The number of primary amides is 1. The van der Waals surface area contributed by atoms with Crippen molar-refractivity contribution in [3.8, 4) is 0 Å². The van der Waals surface area contributed by atoms with E-state index in [1.165, 1.54) is 0 Å². The molecule has 0 radical (unpaired) electrons. The molecule has 82 valence electrons. The van der Waals surface area contributed by atoms with Gasteiger partial charge in [-0.25, -0.2) is 0 Å². The highest BCUT2D eigenvalue weighted by Gasteiger charge is 2.39. The Morgan fingerprint density at radius 2 is 2.14 bits per heavy atom. The fourth-order valence-corrected chi connectivity index (χ4v) is 1.97. The molecule has 0 aromatic rings. The minimum Gasteiger partial charge on any atom is -0.369 e. The number of hydrogen-bond acceptors (Lipinski definition) is 3. The largest absolute Gasteiger partial charge is 0.369 e. The number of nitrogens with two attached hydrogens (primary N) is 2. The van der Waals surface area contributed by atoms with Crippen LogP contribution >= 0.6 is 0 Å². The predicted octanol–water partition coefficient (Wildman–Crippen LogP) is -0.0790. The lowest BCUT2D eigenvalue weighted by molar-refractivity contribution is -0.126. The normalized spacial score (nSPS) is 29.4. The topological polar surface area (TPSA) is 72.3 Å². The molecule has 1 aliphatic heterocycles. The SMILES string of the molecule is CC(C)(N)CN1CCC(C)(C(N)=O)C1. The fraction of sp³-hybridized carbons (Fsp3) is 0.900. The zero-order valence-corrected chi connectivity index (χ0v) is 9.34. The predicted molar refractivity (Wildman–Crippen MR) is 56.6 cm³/mol. The van der Waals surface area contributed by atoms with E-state index in [2.05, 4.69) is 4.90 Å².